The van der Waals surface area contributed by atoms with Gasteiger partial charge < -0.3 is 25.2 Å². The molecule has 0 amide bonds. The molecule has 6 nitrogen and oxygen atoms in total. The van der Waals surface area contributed by atoms with E-state index in [1.807, 2.05) is 39.8 Å². The zero-order chi connectivity index (χ0) is 22.9. The highest BCUT2D eigenvalue weighted by Crippen LogP contribution is 2.50. The lowest BCUT2D eigenvalue weighted by atomic mass is 9.88. The molecule has 6 heteroatoms. The third-order valence-electron chi connectivity index (χ3n) is 5.32. The van der Waals surface area contributed by atoms with E-state index in [1.54, 1.807) is 0 Å². The number of ether oxygens (including phenoxy) is 1. The zero-order valence-corrected chi connectivity index (χ0v) is 18.2. The number of hydrogen-bond acceptors (Lipinski definition) is 6. The normalized spacial score (nSPS) is 15.1. The van der Waals surface area contributed by atoms with E-state index in [0.29, 0.717) is 12.0 Å². The van der Waals surface area contributed by atoms with Gasteiger partial charge in [0.05, 0.1) is 12.0 Å². The van der Waals surface area contributed by atoms with Gasteiger partial charge >= 0.3 is 0 Å². The minimum atomic E-state index is -0.950. The maximum absolute atomic E-state index is 13.1. The molecule has 0 saturated heterocycles. The fourth-order valence-electron chi connectivity index (χ4n) is 3.68. The third kappa shape index (κ3) is 4.38. The second-order valence-corrected chi connectivity index (χ2v) is 8.27. The van der Waals surface area contributed by atoms with Gasteiger partial charge in [-0.2, -0.15) is 0 Å². The van der Waals surface area contributed by atoms with Gasteiger partial charge in [-0.3, -0.25) is 4.79 Å². The summed E-state index contributed by atoms with van der Waals surface area (Å²) in [5.41, 5.74) is 2.82. The molecule has 31 heavy (non-hydrogen) atoms. The van der Waals surface area contributed by atoms with Crippen LogP contribution in [-0.4, -0.2) is 26.2 Å². The second-order valence-electron chi connectivity index (χ2n) is 8.27. The van der Waals surface area contributed by atoms with Gasteiger partial charge in [-0.25, -0.2) is 0 Å². The van der Waals surface area contributed by atoms with Gasteiger partial charge in [0, 0.05) is 11.1 Å². The largest absolute Gasteiger partial charge is 0.507 e. The number of aromatic hydroxyl groups is 4. The predicted octanol–water partition coefficient (Wildman–Crippen LogP) is 5.23. The number of benzene rings is 2. The summed E-state index contributed by atoms with van der Waals surface area (Å²) in [5.74, 6) is -1.11. The van der Waals surface area contributed by atoms with Gasteiger partial charge in [0.15, 0.2) is 5.78 Å². The summed E-state index contributed by atoms with van der Waals surface area (Å²) in [4.78, 5) is 13.1. The Kier molecular flexibility index (Phi) is 6.29. The Morgan fingerprint density at radius 2 is 1.48 bits per heavy atom. The standard InChI is InChI=1S/C25H28O6/c1-13(2)8-10-15-23(29)16(11-9-14(3)4)25-22(24(15)30)19(28)12-20(31-25)21-17(26)6-5-7-18(21)27/h5-9,20,26-27,29-30H,10-12H2,1-4H3. The van der Waals surface area contributed by atoms with Crippen LogP contribution in [0.4, 0.5) is 0 Å². The number of rotatable bonds is 5. The van der Waals surface area contributed by atoms with Crippen LogP contribution in [0.15, 0.2) is 41.5 Å². The fraction of sp³-hybridized carbons (Fsp3) is 0.320. The molecule has 1 aliphatic heterocycles. The quantitative estimate of drug-likeness (QED) is 0.490. The molecule has 0 aromatic heterocycles. The summed E-state index contributed by atoms with van der Waals surface area (Å²) in [7, 11) is 0. The smallest absolute Gasteiger partial charge is 0.174 e. The van der Waals surface area contributed by atoms with Crippen molar-refractivity contribution in [1.29, 1.82) is 0 Å². The number of fused-ring (bicyclic) bond motifs is 1. The van der Waals surface area contributed by atoms with Crippen LogP contribution >= 0.6 is 0 Å². The summed E-state index contributed by atoms with van der Waals surface area (Å²) in [6.45, 7) is 7.66. The number of Topliss-reactive ketones (excluding diaryl/α,β-unsaturated/α-hetero) is 1. The maximum Gasteiger partial charge on any atom is 0.174 e. The highest BCUT2D eigenvalue weighted by atomic mass is 16.5. The van der Waals surface area contributed by atoms with E-state index in [1.165, 1.54) is 18.2 Å². The van der Waals surface area contributed by atoms with Crippen LogP contribution in [0, 0.1) is 0 Å². The molecule has 1 atom stereocenters. The van der Waals surface area contributed by atoms with Crippen molar-refractivity contribution in [2.75, 3.05) is 0 Å². The van der Waals surface area contributed by atoms with Crippen LogP contribution in [-0.2, 0) is 12.8 Å². The van der Waals surface area contributed by atoms with Gasteiger partial charge in [-0.05, 0) is 52.7 Å². The van der Waals surface area contributed by atoms with Crippen LogP contribution in [0.5, 0.6) is 28.7 Å². The minimum Gasteiger partial charge on any atom is -0.507 e. The Morgan fingerprint density at radius 3 is 2.03 bits per heavy atom. The van der Waals surface area contributed by atoms with E-state index >= 15 is 0 Å². The second kappa shape index (κ2) is 8.76. The number of allylic oxidation sites excluding steroid dienone is 4. The molecule has 0 spiro atoms. The van der Waals surface area contributed by atoms with Crippen molar-refractivity contribution in [3.63, 3.8) is 0 Å². The van der Waals surface area contributed by atoms with Crippen LogP contribution < -0.4 is 4.74 Å². The number of hydrogen-bond donors (Lipinski definition) is 4. The molecule has 0 bridgehead atoms. The first-order valence-corrected chi connectivity index (χ1v) is 10.2. The fourth-order valence-corrected chi connectivity index (χ4v) is 3.68. The van der Waals surface area contributed by atoms with Gasteiger partial charge in [0.2, 0.25) is 0 Å². The summed E-state index contributed by atoms with van der Waals surface area (Å²) < 4.78 is 6.05. The topological polar surface area (TPSA) is 107 Å². The highest BCUT2D eigenvalue weighted by Gasteiger charge is 2.37. The number of carbonyl (C=O) groups is 1. The number of carbonyl (C=O) groups excluding carboxylic acids is 1. The van der Waals surface area contributed by atoms with E-state index in [2.05, 4.69) is 0 Å². The summed E-state index contributed by atoms with van der Waals surface area (Å²) in [5, 5.41) is 42.3. The average molecular weight is 424 g/mol. The van der Waals surface area contributed by atoms with Gasteiger partial charge in [-0.1, -0.05) is 29.4 Å². The predicted molar refractivity (Wildman–Crippen MR) is 118 cm³/mol. The van der Waals surface area contributed by atoms with E-state index in [9.17, 15) is 25.2 Å². The Bertz CT molecular complexity index is 1070. The molecular formula is C25H28O6. The van der Waals surface area contributed by atoms with Crippen molar-refractivity contribution in [3.8, 4) is 28.7 Å². The molecular weight excluding hydrogens is 396 g/mol. The molecule has 0 fully saturated rings. The molecule has 1 aliphatic rings. The lowest BCUT2D eigenvalue weighted by Crippen LogP contribution is -2.22. The molecule has 2 aromatic carbocycles. The summed E-state index contributed by atoms with van der Waals surface area (Å²) >= 11 is 0. The van der Waals surface area contributed by atoms with Gasteiger partial charge in [-0.15, -0.1) is 0 Å². The van der Waals surface area contributed by atoms with E-state index in [0.717, 1.165) is 11.1 Å². The van der Waals surface area contributed by atoms with Crippen LogP contribution in [0.1, 0.15) is 67.3 Å². The molecule has 3 rings (SSSR count). The number of ketones is 1. The molecule has 1 unspecified atom stereocenters. The molecule has 0 saturated carbocycles. The molecule has 4 N–H and O–H groups in total. The lowest BCUT2D eigenvalue weighted by Gasteiger charge is -2.30. The van der Waals surface area contributed by atoms with Crippen LogP contribution in [0.3, 0.4) is 0 Å². The maximum atomic E-state index is 13.1. The Hall–Kier alpha value is -3.41. The van der Waals surface area contributed by atoms with Crippen molar-refractivity contribution < 1.29 is 30.0 Å². The summed E-state index contributed by atoms with van der Waals surface area (Å²) in [6, 6.07) is 4.29. The minimum absolute atomic E-state index is 0.0262. The monoisotopic (exact) mass is 424 g/mol. The Balaban J connectivity index is 2.21. The third-order valence-corrected chi connectivity index (χ3v) is 5.32. The van der Waals surface area contributed by atoms with Crippen molar-refractivity contribution in [2.24, 2.45) is 0 Å². The lowest BCUT2D eigenvalue weighted by molar-refractivity contribution is 0.0836. The highest BCUT2D eigenvalue weighted by molar-refractivity contribution is 6.04. The average Bonchev–Trinajstić information content (AvgIpc) is 2.66. The van der Waals surface area contributed by atoms with Crippen LogP contribution in [0.2, 0.25) is 0 Å². The van der Waals surface area contributed by atoms with E-state index < -0.39 is 6.10 Å². The van der Waals surface area contributed by atoms with Gasteiger partial charge in [0.25, 0.3) is 0 Å². The molecule has 164 valence electrons. The van der Waals surface area contributed by atoms with Crippen molar-refractivity contribution in [3.05, 3.63) is 63.8 Å². The number of phenols is 4. The SMILES string of the molecule is CC(C)=CCc1c(O)c(CC=C(C)C)c2c(c1O)C(=O)CC(c1c(O)cccc1O)O2. The van der Waals surface area contributed by atoms with E-state index in [-0.39, 0.29) is 64.1 Å². The van der Waals surface area contributed by atoms with E-state index in [4.69, 9.17) is 4.74 Å². The Labute approximate surface area is 181 Å². The van der Waals surface area contributed by atoms with Crippen molar-refractivity contribution in [2.45, 2.75) is 53.1 Å². The first-order chi connectivity index (χ1) is 14.6. The molecule has 2 aromatic rings. The molecule has 0 radical (unpaired) electrons. The Morgan fingerprint density at radius 1 is 0.935 bits per heavy atom. The number of phenolic OH excluding ortho intramolecular Hbond substituents is 4. The van der Waals surface area contributed by atoms with Crippen molar-refractivity contribution in [1.82, 2.24) is 0 Å². The molecule has 0 aliphatic carbocycles. The first kappa shape index (κ1) is 22.3. The summed E-state index contributed by atoms with van der Waals surface area (Å²) in [6.07, 6.45) is 3.21. The first-order valence-electron chi connectivity index (χ1n) is 10.2. The van der Waals surface area contributed by atoms with Crippen LogP contribution in [0.25, 0.3) is 0 Å². The zero-order valence-electron chi connectivity index (χ0n) is 18.2. The molecule has 1 heterocycles. The van der Waals surface area contributed by atoms with Crippen molar-refractivity contribution >= 4 is 5.78 Å². The van der Waals surface area contributed by atoms with Gasteiger partial charge in [0.1, 0.15) is 40.4 Å².